The molecule has 0 aliphatic rings. The van der Waals surface area contributed by atoms with Gasteiger partial charge in [0, 0.05) is 10.9 Å². The highest BCUT2D eigenvalue weighted by atomic mass is 28.3. The number of hydrogen-bond donors (Lipinski definition) is 0. The highest BCUT2D eigenvalue weighted by Gasteiger charge is 2.08. The molecule has 1 heterocycles. The summed E-state index contributed by atoms with van der Waals surface area (Å²) in [5.74, 6) is 3.10. The molecule has 0 unspecified atom stereocenters. The molecule has 2 rings (SSSR count). The molecule has 1 aromatic heterocycles. The van der Waals surface area contributed by atoms with Crippen molar-refractivity contribution in [3.8, 4) is 11.5 Å². The zero-order valence-corrected chi connectivity index (χ0v) is 12.1. The van der Waals surface area contributed by atoms with Gasteiger partial charge in [0.25, 0.3) is 0 Å². The van der Waals surface area contributed by atoms with Gasteiger partial charge in [-0.2, -0.15) is 0 Å². The third-order valence-electron chi connectivity index (χ3n) is 2.47. The minimum absolute atomic E-state index is 0.0356. The normalized spacial score (nSPS) is 10.9. The highest BCUT2D eigenvalue weighted by Crippen LogP contribution is 2.15. The van der Waals surface area contributed by atoms with Crippen LogP contribution in [0.4, 0.5) is 0 Å². The first-order valence-electron chi connectivity index (χ1n) is 5.95. The maximum atomic E-state index is 11.5. The maximum Gasteiger partial charge on any atom is 0.346 e. The molecule has 0 spiro atoms. The van der Waals surface area contributed by atoms with E-state index in [0.29, 0.717) is 11.9 Å². The Morgan fingerprint density at radius 3 is 2.58 bits per heavy atom. The molecular formula is C15H14O3Si. The molecule has 0 fully saturated rings. The molecule has 0 radical (unpaired) electrons. The Balaban J connectivity index is 2.55. The highest BCUT2D eigenvalue weighted by molar-refractivity contribution is 6.83. The van der Waals surface area contributed by atoms with E-state index in [2.05, 4.69) is 31.1 Å². The minimum Gasteiger partial charge on any atom is -0.422 e. The average molecular weight is 270 g/mol. The topological polar surface area (TPSA) is 47.3 Å². The van der Waals surface area contributed by atoms with Gasteiger partial charge in [0.15, 0.2) is 6.29 Å². The smallest absolute Gasteiger partial charge is 0.346 e. The van der Waals surface area contributed by atoms with Crippen molar-refractivity contribution in [2.24, 2.45) is 0 Å². The Kier molecular flexibility index (Phi) is 3.41. The number of carbonyl (C=O) groups is 1. The fourth-order valence-corrected chi connectivity index (χ4v) is 2.07. The molecule has 1 aromatic carbocycles. The Labute approximate surface area is 112 Å². The zero-order chi connectivity index (χ0) is 14.0. The average Bonchev–Trinajstić information content (AvgIpc) is 2.34. The number of hydrogen-bond acceptors (Lipinski definition) is 3. The first-order valence-corrected chi connectivity index (χ1v) is 9.45. The lowest BCUT2D eigenvalue weighted by molar-refractivity contribution is 0.112. The van der Waals surface area contributed by atoms with Crippen molar-refractivity contribution < 1.29 is 9.21 Å². The molecule has 0 N–H and O–H groups in total. The van der Waals surface area contributed by atoms with Crippen molar-refractivity contribution in [3.63, 3.8) is 0 Å². The van der Waals surface area contributed by atoms with Crippen molar-refractivity contribution in [3.05, 3.63) is 45.8 Å². The van der Waals surface area contributed by atoms with Crippen LogP contribution in [0.3, 0.4) is 0 Å². The van der Waals surface area contributed by atoms with Crippen molar-refractivity contribution in [1.82, 2.24) is 0 Å². The molecule has 0 aliphatic heterocycles. The van der Waals surface area contributed by atoms with Gasteiger partial charge in [0.05, 0.1) is 0 Å². The molecule has 96 valence electrons. The summed E-state index contributed by atoms with van der Waals surface area (Å²) in [5, 5.41) is 0.722. The van der Waals surface area contributed by atoms with E-state index in [1.807, 2.05) is 6.07 Å². The van der Waals surface area contributed by atoms with E-state index in [1.165, 1.54) is 6.07 Å². The van der Waals surface area contributed by atoms with Crippen LogP contribution in [0.15, 0.2) is 33.5 Å². The summed E-state index contributed by atoms with van der Waals surface area (Å²) in [4.78, 5) is 22.1. The summed E-state index contributed by atoms with van der Waals surface area (Å²) in [6.07, 6.45) is 0.504. The van der Waals surface area contributed by atoms with Gasteiger partial charge in [-0.05, 0) is 24.3 Å². The molecule has 4 heteroatoms. The van der Waals surface area contributed by atoms with Crippen molar-refractivity contribution >= 4 is 25.3 Å². The largest absolute Gasteiger partial charge is 0.422 e. The van der Waals surface area contributed by atoms with Crippen LogP contribution in [0, 0.1) is 11.5 Å². The van der Waals surface area contributed by atoms with Gasteiger partial charge in [0.1, 0.15) is 19.2 Å². The van der Waals surface area contributed by atoms with Gasteiger partial charge in [-0.1, -0.05) is 25.6 Å². The fourth-order valence-electron chi connectivity index (χ4n) is 1.55. The van der Waals surface area contributed by atoms with E-state index in [1.54, 1.807) is 12.1 Å². The predicted molar refractivity (Wildman–Crippen MR) is 78.1 cm³/mol. The van der Waals surface area contributed by atoms with E-state index in [-0.39, 0.29) is 5.56 Å². The van der Waals surface area contributed by atoms with Crippen molar-refractivity contribution in [1.29, 1.82) is 0 Å². The molecule has 0 saturated heterocycles. The number of aldehydes is 1. The Morgan fingerprint density at radius 2 is 1.95 bits per heavy atom. The van der Waals surface area contributed by atoms with Crippen molar-refractivity contribution in [2.75, 3.05) is 0 Å². The monoisotopic (exact) mass is 270 g/mol. The number of carbonyl (C=O) groups excluding carboxylic acids is 1. The summed E-state index contributed by atoms with van der Waals surface area (Å²) in [7, 11) is -1.43. The molecule has 0 aliphatic carbocycles. The van der Waals surface area contributed by atoms with Crippen LogP contribution in [0.5, 0.6) is 0 Å². The third kappa shape index (κ3) is 3.21. The number of rotatable bonds is 1. The second-order valence-electron chi connectivity index (χ2n) is 5.36. The molecule has 0 atom stereocenters. The van der Waals surface area contributed by atoms with Gasteiger partial charge in [-0.15, -0.1) is 5.54 Å². The van der Waals surface area contributed by atoms with E-state index in [4.69, 9.17) is 4.42 Å². The fraction of sp³-hybridized carbons (Fsp3) is 0.200. The Hall–Kier alpha value is -2.12. The van der Waals surface area contributed by atoms with Crippen LogP contribution < -0.4 is 5.63 Å². The molecule has 0 saturated carbocycles. The molecule has 2 aromatic rings. The number of fused-ring (bicyclic) bond motifs is 1. The molecule has 0 bridgehead atoms. The molecule has 19 heavy (non-hydrogen) atoms. The maximum absolute atomic E-state index is 11.5. The standard InChI is InChI=1S/C15H14O3Si/c1-19(2,3)7-6-11-4-5-12-9-13(10-16)15(17)18-14(12)8-11/h4-5,8-10H,1-3H3. The molecule has 0 amide bonds. The summed E-state index contributed by atoms with van der Waals surface area (Å²) in [6, 6.07) is 6.94. The predicted octanol–water partition coefficient (Wildman–Crippen LogP) is 2.83. The summed E-state index contributed by atoms with van der Waals surface area (Å²) < 4.78 is 5.11. The number of benzene rings is 1. The molecule has 3 nitrogen and oxygen atoms in total. The van der Waals surface area contributed by atoms with E-state index in [9.17, 15) is 9.59 Å². The van der Waals surface area contributed by atoms with Crippen molar-refractivity contribution in [2.45, 2.75) is 19.6 Å². The Morgan fingerprint density at radius 1 is 1.21 bits per heavy atom. The summed E-state index contributed by atoms with van der Waals surface area (Å²) in [6.45, 7) is 6.49. The third-order valence-corrected chi connectivity index (χ3v) is 3.35. The first-order chi connectivity index (χ1) is 8.89. The molecular weight excluding hydrogens is 256 g/mol. The van der Waals surface area contributed by atoms with Crippen LogP contribution in [-0.4, -0.2) is 14.4 Å². The zero-order valence-electron chi connectivity index (χ0n) is 11.1. The van der Waals surface area contributed by atoms with Crippen LogP contribution in [0.25, 0.3) is 11.0 Å². The summed E-state index contributed by atoms with van der Waals surface area (Å²) >= 11 is 0. The van der Waals surface area contributed by atoms with E-state index >= 15 is 0 Å². The SMILES string of the molecule is C[Si](C)(C)C#Cc1ccc2cc(C=O)c(=O)oc2c1. The van der Waals surface area contributed by atoms with Gasteiger partial charge in [-0.3, -0.25) is 4.79 Å². The second kappa shape index (κ2) is 4.86. The first kappa shape index (κ1) is 13.3. The van der Waals surface area contributed by atoms with Gasteiger partial charge >= 0.3 is 5.63 Å². The lowest BCUT2D eigenvalue weighted by atomic mass is 10.1. The minimum atomic E-state index is -1.43. The quantitative estimate of drug-likeness (QED) is 0.346. The van der Waals surface area contributed by atoms with Gasteiger partial charge in [0.2, 0.25) is 0 Å². The second-order valence-corrected chi connectivity index (χ2v) is 10.1. The lowest BCUT2D eigenvalue weighted by Gasteiger charge is -2.03. The van der Waals surface area contributed by atoms with Gasteiger partial charge < -0.3 is 4.42 Å². The van der Waals surface area contributed by atoms with Crippen LogP contribution >= 0.6 is 0 Å². The lowest BCUT2D eigenvalue weighted by Crippen LogP contribution is -2.16. The Bertz CT molecular complexity index is 755. The summed E-state index contributed by atoms with van der Waals surface area (Å²) in [5.41, 5.74) is 3.95. The van der Waals surface area contributed by atoms with E-state index < -0.39 is 13.7 Å². The van der Waals surface area contributed by atoms with Crippen LogP contribution in [0.1, 0.15) is 15.9 Å². The van der Waals surface area contributed by atoms with Crippen LogP contribution in [-0.2, 0) is 0 Å². The van der Waals surface area contributed by atoms with Gasteiger partial charge in [-0.25, -0.2) is 4.79 Å². The van der Waals surface area contributed by atoms with E-state index in [0.717, 1.165) is 10.9 Å². The van der Waals surface area contributed by atoms with Crippen LogP contribution in [0.2, 0.25) is 19.6 Å².